The average Bonchev–Trinajstić information content (AvgIpc) is 3.01. The van der Waals surface area contributed by atoms with Gasteiger partial charge < -0.3 is 15.2 Å². The second-order valence-corrected chi connectivity index (χ2v) is 5.22. The van der Waals surface area contributed by atoms with Crippen LogP contribution in [0, 0.1) is 11.8 Å². The number of aliphatic carboxylic acids is 1. The van der Waals surface area contributed by atoms with Gasteiger partial charge in [-0.1, -0.05) is 35.9 Å². The minimum absolute atomic E-state index is 0.387. The van der Waals surface area contributed by atoms with Gasteiger partial charge in [-0.2, -0.15) is 0 Å². The van der Waals surface area contributed by atoms with Gasteiger partial charge in [0.25, 0.3) is 0 Å². The number of carboxylic acids is 1. The average molecular weight is 294 g/mol. The van der Waals surface area contributed by atoms with Crippen LogP contribution in [0.1, 0.15) is 0 Å². The zero-order valence-electron chi connectivity index (χ0n) is 10.3. The van der Waals surface area contributed by atoms with Crippen molar-refractivity contribution in [2.24, 2.45) is 11.8 Å². The molecule has 2 aliphatic heterocycles. The predicted octanol–water partition coefficient (Wildman–Crippen LogP) is 1.93. The van der Waals surface area contributed by atoms with E-state index in [1.165, 1.54) is 0 Å². The summed E-state index contributed by atoms with van der Waals surface area (Å²) in [6.45, 7) is 0. The Balaban J connectivity index is 1.82. The van der Waals surface area contributed by atoms with E-state index < -0.39 is 30.0 Å². The Morgan fingerprint density at radius 2 is 1.80 bits per heavy atom. The van der Waals surface area contributed by atoms with E-state index in [2.05, 4.69) is 5.32 Å². The summed E-state index contributed by atoms with van der Waals surface area (Å²) in [6.07, 6.45) is 2.42. The maximum Gasteiger partial charge on any atom is 0.310 e. The number of rotatable bonds is 3. The molecule has 5 nitrogen and oxygen atoms in total. The van der Waals surface area contributed by atoms with Crippen molar-refractivity contribution in [3.8, 4) is 0 Å². The number of hydrogen-bond acceptors (Lipinski definition) is 3. The van der Waals surface area contributed by atoms with E-state index in [1.807, 2.05) is 0 Å². The van der Waals surface area contributed by atoms with Crippen LogP contribution in [0.2, 0.25) is 5.02 Å². The zero-order valence-corrected chi connectivity index (χ0v) is 11.1. The number of fused-ring (bicyclic) bond motifs is 2. The molecule has 20 heavy (non-hydrogen) atoms. The van der Waals surface area contributed by atoms with Crippen molar-refractivity contribution in [3.05, 3.63) is 41.4 Å². The molecule has 2 bridgehead atoms. The fourth-order valence-electron chi connectivity index (χ4n) is 2.69. The molecule has 1 aromatic rings. The number of benzene rings is 1. The van der Waals surface area contributed by atoms with E-state index in [0.29, 0.717) is 10.7 Å². The van der Waals surface area contributed by atoms with Gasteiger partial charge in [0, 0.05) is 0 Å². The van der Waals surface area contributed by atoms with Gasteiger partial charge in [-0.05, 0) is 12.1 Å². The van der Waals surface area contributed by atoms with E-state index in [-0.39, 0.29) is 5.91 Å². The molecule has 4 atom stereocenters. The van der Waals surface area contributed by atoms with Crippen molar-refractivity contribution >= 4 is 29.2 Å². The molecule has 0 spiro atoms. The SMILES string of the molecule is O=C(O)[C@@H]1[C@H](C(=O)Nc2ccccc2Cl)[C@@H]2C=C[C@@H]1O2. The Hall–Kier alpha value is -1.85. The number of amides is 1. The van der Waals surface area contributed by atoms with Gasteiger partial charge >= 0.3 is 5.97 Å². The quantitative estimate of drug-likeness (QED) is 0.835. The van der Waals surface area contributed by atoms with Gasteiger partial charge in [-0.25, -0.2) is 0 Å². The third-order valence-corrected chi connectivity index (χ3v) is 3.95. The van der Waals surface area contributed by atoms with Crippen LogP contribution in [-0.4, -0.2) is 29.2 Å². The van der Waals surface area contributed by atoms with Crippen molar-refractivity contribution in [2.45, 2.75) is 12.2 Å². The minimum atomic E-state index is -1.03. The number of carboxylic acid groups (broad SMARTS) is 1. The lowest BCUT2D eigenvalue weighted by Crippen LogP contribution is -2.39. The molecular formula is C14H12ClNO4. The third-order valence-electron chi connectivity index (χ3n) is 3.62. The van der Waals surface area contributed by atoms with Crippen molar-refractivity contribution < 1.29 is 19.4 Å². The normalized spacial score (nSPS) is 30.4. The first kappa shape index (κ1) is 13.1. The molecule has 2 aliphatic rings. The molecule has 1 amide bonds. The summed E-state index contributed by atoms with van der Waals surface area (Å²) in [7, 11) is 0. The van der Waals surface area contributed by atoms with Gasteiger partial charge in [0.2, 0.25) is 5.91 Å². The Labute approximate surface area is 120 Å². The van der Waals surface area contributed by atoms with E-state index in [9.17, 15) is 14.7 Å². The summed E-state index contributed by atoms with van der Waals surface area (Å²) < 4.78 is 5.46. The summed E-state index contributed by atoms with van der Waals surface area (Å²) in [5.41, 5.74) is 0.468. The zero-order chi connectivity index (χ0) is 14.3. The number of hydrogen-bond donors (Lipinski definition) is 2. The maximum atomic E-state index is 12.3. The number of carbonyl (C=O) groups is 2. The van der Waals surface area contributed by atoms with Crippen LogP contribution >= 0.6 is 11.6 Å². The van der Waals surface area contributed by atoms with Crippen LogP contribution in [0.5, 0.6) is 0 Å². The molecule has 0 radical (unpaired) electrons. The Morgan fingerprint density at radius 1 is 1.15 bits per heavy atom. The highest BCUT2D eigenvalue weighted by Crippen LogP contribution is 2.40. The first-order valence-corrected chi connectivity index (χ1v) is 6.57. The first-order valence-electron chi connectivity index (χ1n) is 6.20. The number of para-hydroxylation sites is 1. The Morgan fingerprint density at radius 3 is 2.45 bits per heavy atom. The summed E-state index contributed by atoms with van der Waals surface area (Å²) in [4.78, 5) is 23.6. The molecule has 0 aliphatic carbocycles. The van der Waals surface area contributed by atoms with Crippen LogP contribution in [0.25, 0.3) is 0 Å². The van der Waals surface area contributed by atoms with Crippen LogP contribution in [0.4, 0.5) is 5.69 Å². The van der Waals surface area contributed by atoms with E-state index in [4.69, 9.17) is 16.3 Å². The molecule has 1 fully saturated rings. The molecule has 6 heteroatoms. The minimum Gasteiger partial charge on any atom is -0.481 e. The van der Waals surface area contributed by atoms with Crippen molar-refractivity contribution in [2.75, 3.05) is 5.32 Å². The number of ether oxygens (including phenoxy) is 1. The molecule has 0 aromatic heterocycles. The lowest BCUT2D eigenvalue weighted by Gasteiger charge is -2.21. The lowest BCUT2D eigenvalue weighted by molar-refractivity contribution is -0.145. The standard InChI is InChI=1S/C14H12ClNO4/c15-7-3-1-2-4-8(7)16-13(17)11-9-5-6-10(20-9)12(11)14(18)19/h1-6,9-12H,(H,16,17)(H,18,19)/t9-,10-,11+,12-/m0/s1. The molecule has 2 heterocycles. The molecule has 1 aromatic carbocycles. The topological polar surface area (TPSA) is 75.6 Å². The third kappa shape index (κ3) is 2.09. The second kappa shape index (κ2) is 4.92. The predicted molar refractivity (Wildman–Crippen MR) is 72.5 cm³/mol. The number of halogens is 1. The van der Waals surface area contributed by atoms with Crippen LogP contribution in [0.3, 0.4) is 0 Å². The lowest BCUT2D eigenvalue weighted by atomic mass is 9.82. The largest absolute Gasteiger partial charge is 0.481 e. The van der Waals surface area contributed by atoms with Gasteiger partial charge in [-0.15, -0.1) is 0 Å². The number of carbonyl (C=O) groups excluding carboxylic acids is 1. The van der Waals surface area contributed by atoms with Crippen molar-refractivity contribution in [1.82, 2.24) is 0 Å². The number of anilines is 1. The molecule has 1 saturated heterocycles. The molecule has 3 rings (SSSR count). The van der Waals surface area contributed by atoms with Crippen LogP contribution in [0.15, 0.2) is 36.4 Å². The second-order valence-electron chi connectivity index (χ2n) is 4.81. The maximum absolute atomic E-state index is 12.3. The summed E-state index contributed by atoms with van der Waals surface area (Å²) in [5, 5.41) is 12.3. The van der Waals surface area contributed by atoms with Gasteiger partial charge in [-0.3, -0.25) is 9.59 Å². The van der Waals surface area contributed by atoms with Crippen molar-refractivity contribution in [3.63, 3.8) is 0 Å². The molecule has 0 unspecified atom stereocenters. The summed E-state index contributed by atoms with van der Waals surface area (Å²) in [5.74, 6) is -3.00. The summed E-state index contributed by atoms with van der Waals surface area (Å²) in [6, 6.07) is 6.82. The smallest absolute Gasteiger partial charge is 0.310 e. The van der Waals surface area contributed by atoms with E-state index >= 15 is 0 Å². The number of nitrogens with one attached hydrogen (secondary N) is 1. The molecule has 0 saturated carbocycles. The highest BCUT2D eigenvalue weighted by atomic mass is 35.5. The van der Waals surface area contributed by atoms with E-state index in [1.54, 1.807) is 36.4 Å². The molecular weight excluding hydrogens is 282 g/mol. The monoisotopic (exact) mass is 293 g/mol. The van der Waals surface area contributed by atoms with Gasteiger partial charge in [0.05, 0.1) is 28.8 Å². The Bertz CT molecular complexity index is 601. The first-order chi connectivity index (χ1) is 9.58. The highest BCUT2D eigenvalue weighted by Gasteiger charge is 2.53. The Kier molecular flexibility index (Phi) is 3.23. The molecule has 104 valence electrons. The van der Waals surface area contributed by atoms with E-state index in [0.717, 1.165) is 0 Å². The van der Waals surface area contributed by atoms with Crippen molar-refractivity contribution in [1.29, 1.82) is 0 Å². The molecule has 2 N–H and O–H groups in total. The van der Waals surface area contributed by atoms with Gasteiger partial charge in [0.1, 0.15) is 5.92 Å². The fraction of sp³-hybridized carbons (Fsp3) is 0.286. The fourth-order valence-corrected chi connectivity index (χ4v) is 2.88. The van der Waals surface area contributed by atoms with Gasteiger partial charge in [0.15, 0.2) is 0 Å². The highest BCUT2D eigenvalue weighted by molar-refractivity contribution is 6.33. The van der Waals surface area contributed by atoms with Crippen LogP contribution in [-0.2, 0) is 14.3 Å². The summed E-state index contributed by atoms with van der Waals surface area (Å²) >= 11 is 5.98. The van der Waals surface area contributed by atoms with Crippen LogP contribution < -0.4 is 5.32 Å².